The molecule has 0 aliphatic heterocycles. The summed E-state index contributed by atoms with van der Waals surface area (Å²) in [5, 5.41) is 9.55. The summed E-state index contributed by atoms with van der Waals surface area (Å²) in [4.78, 5) is 2.43. The molecular formula is C58H36N2OS. The van der Waals surface area contributed by atoms with Crippen molar-refractivity contribution >= 4 is 103 Å². The van der Waals surface area contributed by atoms with Gasteiger partial charge in [0.25, 0.3) is 0 Å². The lowest BCUT2D eigenvalue weighted by molar-refractivity contribution is 0.672. The summed E-state index contributed by atoms with van der Waals surface area (Å²) in [6.07, 6.45) is 0. The fraction of sp³-hybridized carbons (Fsp3) is 0. The maximum atomic E-state index is 6.78. The molecule has 0 amide bonds. The van der Waals surface area contributed by atoms with Crippen LogP contribution in [-0.2, 0) is 0 Å². The Balaban J connectivity index is 1.03. The summed E-state index contributed by atoms with van der Waals surface area (Å²) in [5.74, 6) is 0. The van der Waals surface area contributed by atoms with Gasteiger partial charge >= 0.3 is 0 Å². The molecule has 0 saturated heterocycles. The molecule has 0 atom stereocenters. The summed E-state index contributed by atoms with van der Waals surface area (Å²) >= 11 is 1.86. The predicted octanol–water partition coefficient (Wildman–Crippen LogP) is 17.0. The van der Waals surface area contributed by atoms with Gasteiger partial charge in [-0.3, -0.25) is 0 Å². The smallest absolute Gasteiger partial charge is 0.143 e. The Hall–Kier alpha value is -7.92. The number of hydrogen-bond donors (Lipinski definition) is 0. The van der Waals surface area contributed by atoms with Crippen LogP contribution in [0.5, 0.6) is 0 Å². The first kappa shape index (κ1) is 34.9. The number of benzene rings is 10. The number of furan rings is 1. The molecular weight excluding hydrogens is 773 g/mol. The minimum atomic E-state index is 0.862. The van der Waals surface area contributed by atoms with Crippen LogP contribution in [0.25, 0.3) is 103 Å². The normalized spacial score (nSPS) is 11.9. The van der Waals surface area contributed by atoms with Gasteiger partial charge < -0.3 is 13.9 Å². The molecule has 3 aromatic heterocycles. The van der Waals surface area contributed by atoms with Crippen molar-refractivity contribution in [2.45, 2.75) is 0 Å². The number of thiophene rings is 1. The number of aromatic nitrogens is 1. The van der Waals surface area contributed by atoms with E-state index in [0.29, 0.717) is 0 Å². The average Bonchev–Trinajstić information content (AvgIpc) is 4.02. The van der Waals surface area contributed by atoms with Crippen molar-refractivity contribution in [3.63, 3.8) is 0 Å². The Morgan fingerprint density at radius 2 is 1.06 bits per heavy atom. The maximum absolute atomic E-state index is 6.78. The maximum Gasteiger partial charge on any atom is 0.143 e. The van der Waals surface area contributed by atoms with Crippen LogP contribution < -0.4 is 4.90 Å². The van der Waals surface area contributed by atoms with Crippen molar-refractivity contribution in [3.05, 3.63) is 218 Å². The molecule has 3 nitrogen and oxygen atoms in total. The first-order valence-corrected chi connectivity index (χ1v) is 21.9. The fourth-order valence-electron chi connectivity index (χ4n) is 9.84. The number of anilines is 3. The highest BCUT2D eigenvalue weighted by molar-refractivity contribution is 7.25. The van der Waals surface area contributed by atoms with E-state index in [1.54, 1.807) is 0 Å². The first-order valence-electron chi connectivity index (χ1n) is 21.1. The van der Waals surface area contributed by atoms with Crippen LogP contribution in [0.1, 0.15) is 0 Å². The van der Waals surface area contributed by atoms with Gasteiger partial charge in [0.05, 0.1) is 27.8 Å². The SMILES string of the molecule is c1ccc(-n2c3ccccc3c3c(-c4ccc(N(c5ccccc5-c5ccc6c(c5)sc5ccccc56)c5cccc6oc7c8ccccc8ccc7c56)cc4)cccc32)cc1. The molecule has 13 aromatic rings. The number of nitrogens with zero attached hydrogens (tertiary/aromatic N) is 2. The largest absolute Gasteiger partial charge is 0.455 e. The van der Waals surface area contributed by atoms with Gasteiger partial charge in [-0.1, -0.05) is 146 Å². The Morgan fingerprint density at radius 3 is 1.97 bits per heavy atom. The van der Waals surface area contributed by atoms with Gasteiger partial charge in [0.1, 0.15) is 11.2 Å². The van der Waals surface area contributed by atoms with Crippen LogP contribution in [0.4, 0.5) is 17.1 Å². The van der Waals surface area contributed by atoms with Crippen molar-refractivity contribution in [1.29, 1.82) is 0 Å². The average molecular weight is 809 g/mol. The molecule has 0 N–H and O–H groups in total. The van der Waals surface area contributed by atoms with Crippen LogP contribution in [0.3, 0.4) is 0 Å². The van der Waals surface area contributed by atoms with Crippen molar-refractivity contribution in [3.8, 4) is 27.9 Å². The highest BCUT2D eigenvalue weighted by atomic mass is 32.1. The van der Waals surface area contributed by atoms with E-state index in [9.17, 15) is 0 Å². The summed E-state index contributed by atoms with van der Waals surface area (Å²) in [6.45, 7) is 0. The monoisotopic (exact) mass is 808 g/mol. The van der Waals surface area contributed by atoms with Crippen molar-refractivity contribution in [2.75, 3.05) is 4.90 Å². The van der Waals surface area contributed by atoms with E-state index < -0.39 is 0 Å². The Morgan fingerprint density at radius 1 is 0.403 bits per heavy atom. The second kappa shape index (κ2) is 13.8. The highest BCUT2D eigenvalue weighted by Gasteiger charge is 2.24. The lowest BCUT2D eigenvalue weighted by Gasteiger charge is -2.28. The first-order chi connectivity index (χ1) is 30.8. The second-order valence-electron chi connectivity index (χ2n) is 16.0. The van der Waals surface area contributed by atoms with Gasteiger partial charge in [0.15, 0.2) is 0 Å². The predicted molar refractivity (Wildman–Crippen MR) is 264 cm³/mol. The molecule has 0 saturated carbocycles. The lowest BCUT2D eigenvalue weighted by atomic mass is 9.97. The van der Waals surface area contributed by atoms with E-state index in [2.05, 4.69) is 228 Å². The zero-order valence-electron chi connectivity index (χ0n) is 33.5. The highest BCUT2D eigenvalue weighted by Crippen LogP contribution is 2.48. The third kappa shape index (κ3) is 5.30. The van der Waals surface area contributed by atoms with E-state index in [4.69, 9.17) is 4.42 Å². The van der Waals surface area contributed by atoms with Crippen LogP contribution in [0, 0.1) is 0 Å². The Kier molecular flexibility index (Phi) is 7.78. The number of rotatable bonds is 6. The molecule has 0 aliphatic rings. The molecule has 0 fully saturated rings. The van der Waals surface area contributed by atoms with Gasteiger partial charge in [0.2, 0.25) is 0 Å². The summed E-state index contributed by atoms with van der Waals surface area (Å²) in [5.41, 5.74) is 13.2. The molecule has 0 radical (unpaired) electrons. The fourth-order valence-corrected chi connectivity index (χ4v) is 11.0. The van der Waals surface area contributed by atoms with E-state index in [1.165, 1.54) is 53.1 Å². The zero-order chi connectivity index (χ0) is 40.7. The van der Waals surface area contributed by atoms with Crippen LogP contribution in [0.2, 0.25) is 0 Å². The topological polar surface area (TPSA) is 21.3 Å². The van der Waals surface area contributed by atoms with Crippen molar-refractivity contribution in [2.24, 2.45) is 0 Å². The number of hydrogen-bond acceptors (Lipinski definition) is 3. The van der Waals surface area contributed by atoms with E-state index in [-0.39, 0.29) is 0 Å². The minimum Gasteiger partial charge on any atom is -0.455 e. The Bertz CT molecular complexity index is 3870. The summed E-state index contributed by atoms with van der Waals surface area (Å²) in [6, 6.07) is 79.2. The van der Waals surface area contributed by atoms with Gasteiger partial charge in [-0.15, -0.1) is 11.3 Å². The third-order valence-electron chi connectivity index (χ3n) is 12.6. The minimum absolute atomic E-state index is 0.862. The zero-order valence-corrected chi connectivity index (χ0v) is 34.3. The molecule has 0 unspecified atom stereocenters. The lowest BCUT2D eigenvalue weighted by Crippen LogP contribution is -2.11. The van der Waals surface area contributed by atoms with Gasteiger partial charge in [-0.05, 0) is 94.9 Å². The van der Waals surface area contributed by atoms with Crippen molar-refractivity contribution in [1.82, 2.24) is 4.57 Å². The molecule has 0 aliphatic carbocycles. The quantitative estimate of drug-likeness (QED) is 0.167. The van der Waals surface area contributed by atoms with E-state index in [1.807, 2.05) is 11.3 Å². The third-order valence-corrected chi connectivity index (χ3v) is 13.7. The summed E-state index contributed by atoms with van der Waals surface area (Å²) in [7, 11) is 0. The standard InChI is InChI=1S/C58H36N2OS/c1-2-15-40(16-3-1)59-50-23-10-7-20-47(50)56-43(21-12-24-51(56)59)38-28-32-41(33-29-38)60(52-25-13-26-53-57(52)48-35-30-37-14-4-5-18-44(37)58(48)61-53)49-22-9-6-17-42(49)39-31-34-46-45-19-8-11-27-54(45)62-55(46)36-39/h1-36H. The van der Waals surface area contributed by atoms with Crippen LogP contribution in [-0.4, -0.2) is 4.57 Å². The van der Waals surface area contributed by atoms with E-state index >= 15 is 0 Å². The van der Waals surface area contributed by atoms with E-state index in [0.717, 1.165) is 66.6 Å². The molecule has 290 valence electrons. The second-order valence-corrected chi connectivity index (χ2v) is 17.1. The molecule has 3 heterocycles. The molecule has 0 bridgehead atoms. The van der Waals surface area contributed by atoms with Crippen molar-refractivity contribution < 1.29 is 4.42 Å². The van der Waals surface area contributed by atoms with Gasteiger partial charge in [-0.2, -0.15) is 0 Å². The van der Waals surface area contributed by atoms with Gasteiger partial charge in [-0.25, -0.2) is 0 Å². The number of fused-ring (bicyclic) bond motifs is 11. The van der Waals surface area contributed by atoms with Crippen LogP contribution >= 0.6 is 11.3 Å². The van der Waals surface area contributed by atoms with Crippen LogP contribution in [0.15, 0.2) is 223 Å². The molecule has 4 heteroatoms. The molecule has 10 aromatic carbocycles. The van der Waals surface area contributed by atoms with Gasteiger partial charge in [0, 0.05) is 58.7 Å². The molecule has 13 rings (SSSR count). The number of para-hydroxylation sites is 3. The summed E-state index contributed by atoms with van der Waals surface area (Å²) < 4.78 is 11.8. The molecule has 0 spiro atoms. The Labute approximate surface area is 361 Å². The molecule has 62 heavy (non-hydrogen) atoms.